The Balaban J connectivity index is 2.42. The van der Waals surface area contributed by atoms with E-state index in [-0.39, 0.29) is 0 Å². The molecule has 4 heteroatoms. The van der Waals surface area contributed by atoms with Crippen molar-refractivity contribution in [3.8, 4) is 11.9 Å². The molecule has 18 heavy (non-hydrogen) atoms. The van der Waals surface area contributed by atoms with Gasteiger partial charge in [0.05, 0.1) is 7.11 Å². The Morgan fingerprint density at radius 2 is 2.28 bits per heavy atom. The minimum atomic E-state index is 0.456. The van der Waals surface area contributed by atoms with Gasteiger partial charge in [-0.2, -0.15) is 10.2 Å². The van der Waals surface area contributed by atoms with Gasteiger partial charge in [0.2, 0.25) is 5.88 Å². The number of rotatable bonds is 4. The highest BCUT2D eigenvalue weighted by molar-refractivity contribution is 5.62. The van der Waals surface area contributed by atoms with Crippen LogP contribution in [0.2, 0.25) is 0 Å². The van der Waals surface area contributed by atoms with Crippen molar-refractivity contribution >= 4 is 5.82 Å². The summed E-state index contributed by atoms with van der Waals surface area (Å²) in [6, 6.07) is 2.20. The Kier molecular flexibility index (Phi) is 3.71. The van der Waals surface area contributed by atoms with E-state index in [0.717, 1.165) is 30.9 Å². The zero-order valence-electron chi connectivity index (χ0n) is 11.3. The molecule has 0 saturated heterocycles. The van der Waals surface area contributed by atoms with Crippen molar-refractivity contribution in [2.24, 2.45) is 0 Å². The van der Waals surface area contributed by atoms with Crippen molar-refractivity contribution in [1.82, 2.24) is 4.98 Å². The number of anilines is 1. The zero-order valence-corrected chi connectivity index (χ0v) is 11.3. The Morgan fingerprint density at radius 3 is 2.89 bits per heavy atom. The molecule has 0 atom stereocenters. The number of pyridine rings is 1. The smallest absolute Gasteiger partial charge is 0.233 e. The van der Waals surface area contributed by atoms with Crippen LogP contribution in [0.4, 0.5) is 5.82 Å². The van der Waals surface area contributed by atoms with Crippen LogP contribution in [-0.2, 0) is 6.42 Å². The van der Waals surface area contributed by atoms with Crippen LogP contribution in [0.1, 0.15) is 36.5 Å². The van der Waals surface area contributed by atoms with Crippen LogP contribution < -0.4 is 9.64 Å². The fraction of sp³-hybridized carbons (Fsp3) is 0.571. The Labute approximate surface area is 108 Å². The van der Waals surface area contributed by atoms with Crippen molar-refractivity contribution in [3.63, 3.8) is 0 Å². The number of hydrogen-bond donors (Lipinski definition) is 0. The highest BCUT2D eigenvalue weighted by Crippen LogP contribution is 2.34. The summed E-state index contributed by atoms with van der Waals surface area (Å²) in [7, 11) is 1.57. The van der Waals surface area contributed by atoms with Crippen LogP contribution in [0.5, 0.6) is 5.88 Å². The topological polar surface area (TPSA) is 49.2 Å². The molecule has 96 valence electrons. The van der Waals surface area contributed by atoms with Crippen LogP contribution in [0.25, 0.3) is 0 Å². The fourth-order valence-corrected chi connectivity index (χ4v) is 2.46. The molecule has 4 nitrogen and oxygen atoms in total. The summed E-state index contributed by atoms with van der Waals surface area (Å²) >= 11 is 0. The van der Waals surface area contributed by atoms with Gasteiger partial charge in [-0.1, -0.05) is 13.3 Å². The molecule has 0 radical (unpaired) electrons. The maximum absolute atomic E-state index is 9.19. The van der Waals surface area contributed by atoms with Crippen LogP contribution >= 0.6 is 0 Å². The molecule has 0 aliphatic carbocycles. The lowest BCUT2D eigenvalue weighted by molar-refractivity contribution is 0.396. The summed E-state index contributed by atoms with van der Waals surface area (Å²) in [6.45, 7) is 6.21. The first kappa shape index (κ1) is 12.7. The van der Waals surface area contributed by atoms with E-state index in [1.807, 2.05) is 6.92 Å². The molecule has 1 aliphatic heterocycles. The van der Waals surface area contributed by atoms with E-state index in [1.165, 1.54) is 18.4 Å². The lowest BCUT2D eigenvalue weighted by Gasteiger charge is -2.19. The second-order valence-electron chi connectivity index (χ2n) is 4.63. The van der Waals surface area contributed by atoms with Crippen molar-refractivity contribution in [3.05, 3.63) is 16.7 Å². The molecule has 2 heterocycles. The maximum Gasteiger partial charge on any atom is 0.233 e. The number of nitrogens with zero attached hydrogens (tertiary/aromatic N) is 3. The van der Waals surface area contributed by atoms with Crippen molar-refractivity contribution in [2.45, 2.75) is 33.1 Å². The number of fused-ring (bicyclic) bond motifs is 1. The predicted octanol–water partition coefficient (Wildman–Crippen LogP) is 2.43. The van der Waals surface area contributed by atoms with Gasteiger partial charge in [-0.05, 0) is 25.3 Å². The van der Waals surface area contributed by atoms with Gasteiger partial charge in [0.1, 0.15) is 17.5 Å². The van der Waals surface area contributed by atoms with Gasteiger partial charge in [0.15, 0.2) is 0 Å². The second-order valence-corrected chi connectivity index (χ2v) is 4.63. The normalized spacial score (nSPS) is 13.3. The molecule has 0 fully saturated rings. The second kappa shape index (κ2) is 5.26. The number of ether oxygens (including phenoxy) is 1. The Hall–Kier alpha value is -1.76. The first-order valence-corrected chi connectivity index (χ1v) is 6.45. The molecule has 0 spiro atoms. The van der Waals surface area contributed by atoms with E-state index >= 15 is 0 Å². The van der Waals surface area contributed by atoms with Gasteiger partial charge < -0.3 is 9.64 Å². The lowest BCUT2D eigenvalue weighted by Crippen LogP contribution is -2.22. The summed E-state index contributed by atoms with van der Waals surface area (Å²) in [4.78, 5) is 6.82. The molecule has 0 N–H and O–H groups in total. The van der Waals surface area contributed by atoms with Gasteiger partial charge in [-0.3, -0.25) is 0 Å². The molecule has 0 aromatic carbocycles. The highest BCUT2D eigenvalue weighted by atomic mass is 16.5. The number of unbranched alkanes of at least 4 members (excludes halogenated alkanes) is 1. The Morgan fingerprint density at radius 1 is 1.50 bits per heavy atom. The van der Waals surface area contributed by atoms with Gasteiger partial charge in [0, 0.05) is 18.7 Å². The van der Waals surface area contributed by atoms with Crippen molar-refractivity contribution < 1.29 is 4.74 Å². The number of nitriles is 1. The summed E-state index contributed by atoms with van der Waals surface area (Å²) < 4.78 is 5.23. The quantitative estimate of drug-likeness (QED) is 0.817. The van der Waals surface area contributed by atoms with Crippen molar-refractivity contribution in [2.75, 3.05) is 25.1 Å². The van der Waals surface area contributed by atoms with E-state index in [9.17, 15) is 5.26 Å². The summed E-state index contributed by atoms with van der Waals surface area (Å²) in [5.74, 6) is 1.47. The van der Waals surface area contributed by atoms with E-state index in [4.69, 9.17) is 4.74 Å². The number of hydrogen-bond acceptors (Lipinski definition) is 4. The minimum Gasteiger partial charge on any atom is -0.480 e. The largest absolute Gasteiger partial charge is 0.480 e. The van der Waals surface area contributed by atoms with Crippen LogP contribution in [0, 0.1) is 18.3 Å². The molecule has 0 bridgehead atoms. The SMILES string of the molecule is CCCCN1CCc2c1nc(OC)c(C#N)c2C. The monoisotopic (exact) mass is 245 g/mol. The molecular weight excluding hydrogens is 226 g/mol. The average molecular weight is 245 g/mol. The van der Waals surface area contributed by atoms with Gasteiger partial charge in [0.25, 0.3) is 0 Å². The zero-order chi connectivity index (χ0) is 13.1. The predicted molar refractivity (Wildman–Crippen MR) is 71.1 cm³/mol. The minimum absolute atomic E-state index is 0.456. The molecular formula is C14H19N3O. The summed E-state index contributed by atoms with van der Waals surface area (Å²) in [6.07, 6.45) is 3.33. The van der Waals surface area contributed by atoms with Gasteiger partial charge >= 0.3 is 0 Å². The average Bonchev–Trinajstić information content (AvgIpc) is 2.79. The van der Waals surface area contributed by atoms with Crippen molar-refractivity contribution in [1.29, 1.82) is 5.26 Å². The first-order chi connectivity index (χ1) is 8.72. The van der Waals surface area contributed by atoms with Crippen LogP contribution in [0.3, 0.4) is 0 Å². The van der Waals surface area contributed by atoms with Crippen LogP contribution in [-0.4, -0.2) is 25.2 Å². The third-order valence-corrected chi connectivity index (χ3v) is 3.54. The lowest BCUT2D eigenvalue weighted by atomic mass is 10.0. The standard InChI is InChI=1S/C14H19N3O/c1-4-5-7-17-8-6-11-10(2)12(9-15)14(18-3)16-13(11)17/h4-8H2,1-3H3. The van der Waals surface area contributed by atoms with Gasteiger partial charge in [-0.25, -0.2) is 0 Å². The van der Waals surface area contributed by atoms with E-state index < -0.39 is 0 Å². The maximum atomic E-state index is 9.19. The van der Waals surface area contributed by atoms with Gasteiger partial charge in [-0.15, -0.1) is 0 Å². The molecule has 0 unspecified atom stereocenters. The molecule has 1 aromatic heterocycles. The molecule has 2 rings (SSSR count). The van der Waals surface area contributed by atoms with E-state index in [2.05, 4.69) is 22.9 Å². The molecule has 0 amide bonds. The van der Waals surface area contributed by atoms with E-state index in [1.54, 1.807) is 7.11 Å². The first-order valence-electron chi connectivity index (χ1n) is 6.45. The van der Waals surface area contributed by atoms with Crippen LogP contribution in [0.15, 0.2) is 0 Å². The summed E-state index contributed by atoms with van der Waals surface area (Å²) in [5, 5.41) is 9.19. The number of aromatic nitrogens is 1. The number of methoxy groups -OCH3 is 1. The molecule has 1 aliphatic rings. The summed E-state index contributed by atoms with van der Waals surface area (Å²) in [5.41, 5.74) is 2.82. The third kappa shape index (κ3) is 2.01. The third-order valence-electron chi connectivity index (χ3n) is 3.54. The fourth-order valence-electron chi connectivity index (χ4n) is 2.46. The van der Waals surface area contributed by atoms with E-state index in [0.29, 0.717) is 11.4 Å². The molecule has 0 saturated carbocycles. The Bertz CT molecular complexity index is 491. The molecule has 1 aromatic rings. The highest BCUT2D eigenvalue weighted by Gasteiger charge is 2.26.